The van der Waals surface area contributed by atoms with E-state index in [0.717, 1.165) is 17.5 Å². The van der Waals surface area contributed by atoms with Crippen LogP contribution in [0.4, 0.5) is 18.3 Å². The normalized spacial score (nSPS) is 17.1. The maximum Gasteiger partial charge on any atom is 0.433 e. The molecule has 1 aliphatic heterocycles. The van der Waals surface area contributed by atoms with Crippen LogP contribution in [0, 0.1) is 17.4 Å². The summed E-state index contributed by atoms with van der Waals surface area (Å²) in [7, 11) is 0. The summed E-state index contributed by atoms with van der Waals surface area (Å²) in [6, 6.07) is 4.84. The second-order valence-electron chi connectivity index (χ2n) is 6.35. The highest BCUT2D eigenvalue weighted by Crippen LogP contribution is 2.40. The Morgan fingerprint density at radius 3 is 2.93 bits per heavy atom. The first-order valence-electron chi connectivity index (χ1n) is 8.33. The first-order chi connectivity index (χ1) is 13.4. The smallest absolute Gasteiger partial charge is 0.310 e. The molecule has 1 amide bonds. The largest absolute Gasteiger partial charge is 0.433 e. The van der Waals surface area contributed by atoms with E-state index in [1.165, 1.54) is 4.90 Å². The summed E-state index contributed by atoms with van der Waals surface area (Å²) in [5.41, 5.74) is -0.174. The van der Waals surface area contributed by atoms with E-state index in [-0.39, 0.29) is 17.4 Å². The molecule has 28 heavy (non-hydrogen) atoms. The number of hydrogen-bond donors (Lipinski definition) is 2. The van der Waals surface area contributed by atoms with Crippen LogP contribution in [-0.4, -0.2) is 39.1 Å². The van der Waals surface area contributed by atoms with Crippen molar-refractivity contribution in [2.45, 2.75) is 12.6 Å². The third-order valence-corrected chi connectivity index (χ3v) is 5.58. The minimum Gasteiger partial charge on any atom is -0.310 e. The lowest BCUT2D eigenvalue weighted by molar-refractivity contribution is -0.140. The molecule has 1 aliphatic rings. The van der Waals surface area contributed by atoms with Crippen molar-refractivity contribution in [2.24, 2.45) is 5.92 Å². The van der Waals surface area contributed by atoms with Gasteiger partial charge in [0.2, 0.25) is 5.91 Å². The van der Waals surface area contributed by atoms with Crippen LogP contribution in [-0.2, 0) is 11.0 Å². The molecule has 1 aromatic carbocycles. The third kappa shape index (κ3) is 3.27. The first-order valence-corrected chi connectivity index (χ1v) is 9.14. The van der Waals surface area contributed by atoms with E-state index < -0.39 is 11.9 Å². The fraction of sp³-hybridized carbons (Fsp3) is 0.294. The first kappa shape index (κ1) is 18.2. The predicted molar refractivity (Wildman–Crippen MR) is 96.1 cm³/mol. The van der Waals surface area contributed by atoms with E-state index in [9.17, 15) is 18.0 Å². The summed E-state index contributed by atoms with van der Waals surface area (Å²) in [4.78, 5) is 18.2. The maximum absolute atomic E-state index is 13.2. The van der Waals surface area contributed by atoms with Crippen molar-refractivity contribution in [3.63, 3.8) is 0 Å². The van der Waals surface area contributed by atoms with Crippen LogP contribution in [0.2, 0.25) is 0 Å². The molecule has 1 fully saturated rings. The van der Waals surface area contributed by atoms with Crippen LogP contribution in [0.3, 0.4) is 0 Å². The van der Waals surface area contributed by atoms with Crippen molar-refractivity contribution >= 4 is 32.6 Å². The fourth-order valence-corrected chi connectivity index (χ4v) is 4.19. The monoisotopic (exact) mass is 406 g/mol. The standard InChI is InChI=1S/C17H13F3N6OS/c18-17(19,20)14-11(6-22-25-14)10-2-1-3-12-13(10)28-16(23-12)24-15(27)9-4-5-26(7-9)8-21/h1-3,6,9H,4-5,7H2,(H,22,25)(H,23,24,27)/t9-/m0/s1. The van der Waals surface area contributed by atoms with Gasteiger partial charge >= 0.3 is 6.18 Å². The number of likely N-dealkylation sites (tertiary alicyclic amines) is 1. The number of nitrogens with one attached hydrogen (secondary N) is 2. The molecule has 0 unspecified atom stereocenters. The third-order valence-electron chi connectivity index (χ3n) is 4.56. The average molecular weight is 406 g/mol. The van der Waals surface area contributed by atoms with Crippen LogP contribution in [0.5, 0.6) is 0 Å². The second-order valence-corrected chi connectivity index (χ2v) is 7.35. The van der Waals surface area contributed by atoms with Crippen molar-refractivity contribution < 1.29 is 18.0 Å². The predicted octanol–water partition coefficient (Wildman–Crippen LogP) is 3.45. The number of carbonyl (C=O) groups excluding carboxylic acids is 1. The molecule has 144 valence electrons. The number of nitrogens with zero attached hydrogens (tertiary/aromatic N) is 4. The van der Waals surface area contributed by atoms with Crippen LogP contribution in [0.15, 0.2) is 24.4 Å². The molecule has 3 aromatic rings. The van der Waals surface area contributed by atoms with E-state index >= 15 is 0 Å². The molecule has 0 radical (unpaired) electrons. The molecule has 0 spiro atoms. The van der Waals surface area contributed by atoms with Gasteiger partial charge in [-0.25, -0.2) is 4.98 Å². The van der Waals surface area contributed by atoms with Crippen molar-refractivity contribution in [2.75, 3.05) is 18.4 Å². The molecule has 0 saturated carbocycles. The van der Waals surface area contributed by atoms with Gasteiger partial charge in [-0.05, 0) is 12.5 Å². The Bertz CT molecular complexity index is 1080. The highest BCUT2D eigenvalue weighted by molar-refractivity contribution is 7.22. The van der Waals surface area contributed by atoms with Gasteiger partial charge in [0.1, 0.15) is 5.69 Å². The molecule has 7 nitrogen and oxygen atoms in total. The topological polar surface area (TPSA) is 97.7 Å². The molecule has 11 heteroatoms. The highest BCUT2D eigenvalue weighted by Gasteiger charge is 2.36. The van der Waals surface area contributed by atoms with E-state index in [0.29, 0.717) is 40.4 Å². The lowest BCUT2D eigenvalue weighted by Gasteiger charge is -2.08. The minimum atomic E-state index is -4.56. The molecular weight excluding hydrogens is 393 g/mol. The average Bonchev–Trinajstić information content (AvgIpc) is 3.38. The van der Waals surface area contributed by atoms with Gasteiger partial charge in [-0.2, -0.15) is 23.5 Å². The SMILES string of the molecule is N#CN1CC[C@H](C(=O)Nc2nc3cccc(-c4cn[nH]c4C(F)(F)F)c3s2)C1. The fourth-order valence-electron chi connectivity index (χ4n) is 3.19. The van der Waals surface area contributed by atoms with E-state index in [1.807, 2.05) is 11.3 Å². The number of benzene rings is 1. The number of nitriles is 1. The van der Waals surface area contributed by atoms with Crippen molar-refractivity contribution in [1.82, 2.24) is 20.1 Å². The lowest BCUT2D eigenvalue weighted by atomic mass is 10.1. The van der Waals surface area contributed by atoms with Gasteiger partial charge in [-0.1, -0.05) is 23.5 Å². The molecule has 1 atom stereocenters. The van der Waals surface area contributed by atoms with Gasteiger partial charge in [0.05, 0.1) is 22.3 Å². The zero-order chi connectivity index (χ0) is 19.9. The summed E-state index contributed by atoms with van der Waals surface area (Å²) in [5.74, 6) is -0.575. The number of hydrogen-bond acceptors (Lipinski definition) is 6. The zero-order valence-corrected chi connectivity index (χ0v) is 15.1. The molecule has 0 aliphatic carbocycles. The van der Waals surface area contributed by atoms with Gasteiger partial charge in [-0.3, -0.25) is 9.89 Å². The summed E-state index contributed by atoms with van der Waals surface area (Å²) >= 11 is 1.10. The number of carbonyl (C=O) groups is 1. The summed E-state index contributed by atoms with van der Waals surface area (Å²) in [5, 5.41) is 17.5. The number of fused-ring (bicyclic) bond motifs is 1. The van der Waals surface area contributed by atoms with Gasteiger partial charge in [0.25, 0.3) is 0 Å². The Balaban J connectivity index is 1.64. The number of alkyl halides is 3. The van der Waals surface area contributed by atoms with Crippen LogP contribution in [0.1, 0.15) is 12.1 Å². The summed E-state index contributed by atoms with van der Waals surface area (Å²) in [6.07, 6.45) is -0.852. The van der Waals surface area contributed by atoms with Crippen LogP contribution < -0.4 is 5.32 Å². The molecule has 2 N–H and O–H groups in total. The number of aromatic amines is 1. The molecule has 3 heterocycles. The quantitative estimate of drug-likeness (QED) is 0.650. The Morgan fingerprint density at radius 1 is 1.39 bits per heavy atom. The molecular formula is C17H13F3N6OS. The number of rotatable bonds is 3. The van der Waals surface area contributed by atoms with E-state index in [4.69, 9.17) is 5.26 Å². The molecule has 4 rings (SSSR count). The van der Waals surface area contributed by atoms with E-state index in [2.05, 4.69) is 15.4 Å². The Labute approximate surface area is 160 Å². The van der Waals surface area contributed by atoms with Gasteiger partial charge < -0.3 is 10.2 Å². The Morgan fingerprint density at radius 2 is 2.21 bits per heavy atom. The Hall–Kier alpha value is -3.13. The summed E-state index contributed by atoms with van der Waals surface area (Å²) in [6.45, 7) is 0.877. The van der Waals surface area contributed by atoms with Crippen LogP contribution in [0.25, 0.3) is 21.3 Å². The number of halogens is 3. The molecule has 1 saturated heterocycles. The van der Waals surface area contributed by atoms with Crippen molar-refractivity contribution in [1.29, 1.82) is 5.26 Å². The number of aromatic nitrogens is 3. The Kier molecular flexibility index (Phi) is 4.43. The lowest BCUT2D eigenvalue weighted by Crippen LogP contribution is -2.25. The van der Waals surface area contributed by atoms with E-state index in [1.54, 1.807) is 18.2 Å². The zero-order valence-electron chi connectivity index (χ0n) is 14.2. The van der Waals surface area contributed by atoms with Crippen molar-refractivity contribution in [3.05, 3.63) is 30.1 Å². The minimum absolute atomic E-state index is 0.0694. The number of amides is 1. The number of H-pyrrole nitrogens is 1. The van der Waals surface area contributed by atoms with Gasteiger partial charge in [0, 0.05) is 24.2 Å². The van der Waals surface area contributed by atoms with Gasteiger partial charge in [-0.15, -0.1) is 0 Å². The molecule has 2 aromatic heterocycles. The van der Waals surface area contributed by atoms with Gasteiger partial charge in [0.15, 0.2) is 11.3 Å². The number of anilines is 1. The highest BCUT2D eigenvalue weighted by atomic mass is 32.1. The second kappa shape index (κ2) is 6.79. The number of thiazole rings is 1. The summed E-state index contributed by atoms with van der Waals surface area (Å²) < 4.78 is 40.2. The van der Waals surface area contributed by atoms with Crippen LogP contribution >= 0.6 is 11.3 Å². The van der Waals surface area contributed by atoms with Crippen molar-refractivity contribution in [3.8, 4) is 17.3 Å². The maximum atomic E-state index is 13.2. The molecule has 0 bridgehead atoms.